The van der Waals surface area contributed by atoms with Crippen molar-refractivity contribution in [2.24, 2.45) is 0 Å². The molecule has 0 amide bonds. The molecule has 0 saturated carbocycles. The van der Waals surface area contributed by atoms with Crippen molar-refractivity contribution in [3.63, 3.8) is 0 Å². The highest BCUT2D eigenvalue weighted by molar-refractivity contribution is 5.94. The number of nitrogens with one attached hydrogen (secondary N) is 1. The Morgan fingerprint density at radius 1 is 0.879 bits per heavy atom. The van der Waals surface area contributed by atoms with Gasteiger partial charge in [-0.2, -0.15) is 0 Å². The Morgan fingerprint density at radius 3 is 2.27 bits per heavy atom. The van der Waals surface area contributed by atoms with Gasteiger partial charge in [-0.3, -0.25) is 0 Å². The number of hydrogen-bond acceptors (Lipinski definition) is 7. The van der Waals surface area contributed by atoms with Crippen LogP contribution >= 0.6 is 0 Å². The quantitative estimate of drug-likeness (QED) is 0.341. The number of aromatic nitrogens is 3. The van der Waals surface area contributed by atoms with Gasteiger partial charge in [0.1, 0.15) is 11.4 Å². The van der Waals surface area contributed by atoms with Gasteiger partial charge in [0.2, 0.25) is 5.89 Å². The zero-order valence-electron chi connectivity index (χ0n) is 17.5. The predicted octanol–water partition coefficient (Wildman–Crippen LogP) is 5.81. The molecule has 5 rings (SSSR count). The van der Waals surface area contributed by atoms with Gasteiger partial charge in [0, 0.05) is 11.1 Å². The standard InChI is InChI=1S/C25H18N4O4/c1-15-21(26-25-28-27-23(32-25)17-10-6-3-7-11-17)22(33-29-15)20-14-18(24(30)31)12-13-19(20)16-8-4-2-5-9-16/h2-14H,1H3,(H,26,28)(H,30,31). The van der Waals surface area contributed by atoms with Crippen LogP contribution in [-0.2, 0) is 0 Å². The lowest BCUT2D eigenvalue weighted by atomic mass is 9.95. The lowest BCUT2D eigenvalue weighted by Crippen LogP contribution is -1.99. The van der Waals surface area contributed by atoms with E-state index in [1.165, 1.54) is 0 Å². The smallest absolute Gasteiger partial charge is 0.335 e. The molecular weight excluding hydrogens is 420 g/mol. The number of hydrogen-bond donors (Lipinski definition) is 2. The minimum atomic E-state index is -1.04. The van der Waals surface area contributed by atoms with Crippen molar-refractivity contribution in [3.05, 3.63) is 90.1 Å². The van der Waals surface area contributed by atoms with Crippen LogP contribution in [0.1, 0.15) is 16.1 Å². The van der Waals surface area contributed by atoms with E-state index in [-0.39, 0.29) is 11.6 Å². The maximum atomic E-state index is 11.7. The number of aryl methyl sites for hydroxylation is 1. The molecule has 0 atom stereocenters. The van der Waals surface area contributed by atoms with E-state index in [1.54, 1.807) is 25.1 Å². The molecule has 2 aromatic heterocycles. The third-order valence-corrected chi connectivity index (χ3v) is 5.14. The Kier molecular flexibility index (Phi) is 5.16. The van der Waals surface area contributed by atoms with E-state index < -0.39 is 5.97 Å². The molecule has 3 aromatic carbocycles. The monoisotopic (exact) mass is 438 g/mol. The molecule has 0 aliphatic rings. The van der Waals surface area contributed by atoms with Gasteiger partial charge in [-0.1, -0.05) is 64.9 Å². The van der Waals surface area contributed by atoms with Crippen LogP contribution in [0.4, 0.5) is 11.7 Å². The van der Waals surface area contributed by atoms with Crippen molar-refractivity contribution >= 4 is 17.7 Å². The minimum Gasteiger partial charge on any atom is -0.478 e. The Morgan fingerprint density at radius 2 is 1.58 bits per heavy atom. The van der Waals surface area contributed by atoms with E-state index in [0.29, 0.717) is 28.6 Å². The van der Waals surface area contributed by atoms with Gasteiger partial charge in [0.05, 0.1) is 5.56 Å². The summed E-state index contributed by atoms with van der Waals surface area (Å²) in [6.07, 6.45) is 0. The van der Waals surface area contributed by atoms with Crippen LogP contribution < -0.4 is 5.32 Å². The number of carbonyl (C=O) groups is 1. The number of benzene rings is 3. The van der Waals surface area contributed by atoms with Gasteiger partial charge in [0.25, 0.3) is 0 Å². The second-order valence-corrected chi connectivity index (χ2v) is 7.31. The van der Waals surface area contributed by atoms with Crippen molar-refractivity contribution in [1.29, 1.82) is 0 Å². The minimum absolute atomic E-state index is 0.133. The van der Waals surface area contributed by atoms with Crippen LogP contribution in [0, 0.1) is 6.92 Å². The van der Waals surface area contributed by atoms with Gasteiger partial charge in [-0.15, -0.1) is 5.10 Å². The van der Waals surface area contributed by atoms with E-state index in [1.807, 2.05) is 60.7 Å². The van der Waals surface area contributed by atoms with Gasteiger partial charge < -0.3 is 19.4 Å². The Balaban J connectivity index is 1.58. The van der Waals surface area contributed by atoms with E-state index in [9.17, 15) is 9.90 Å². The van der Waals surface area contributed by atoms with E-state index >= 15 is 0 Å². The number of carboxylic acids is 1. The molecule has 0 bridgehead atoms. The van der Waals surface area contributed by atoms with Crippen LogP contribution in [0.5, 0.6) is 0 Å². The fraction of sp³-hybridized carbons (Fsp3) is 0.0400. The average molecular weight is 438 g/mol. The van der Waals surface area contributed by atoms with Crippen molar-refractivity contribution in [2.75, 3.05) is 5.32 Å². The second kappa shape index (κ2) is 8.43. The fourth-order valence-electron chi connectivity index (χ4n) is 3.51. The molecule has 0 saturated heterocycles. The summed E-state index contributed by atoms with van der Waals surface area (Å²) in [7, 11) is 0. The summed E-state index contributed by atoms with van der Waals surface area (Å²) < 4.78 is 11.4. The van der Waals surface area contributed by atoms with Crippen LogP contribution in [-0.4, -0.2) is 26.4 Å². The highest BCUT2D eigenvalue weighted by Gasteiger charge is 2.22. The third kappa shape index (κ3) is 3.97. The summed E-state index contributed by atoms with van der Waals surface area (Å²) in [5.74, 6) is -0.300. The molecule has 8 heteroatoms. The fourth-order valence-corrected chi connectivity index (χ4v) is 3.51. The lowest BCUT2D eigenvalue weighted by molar-refractivity contribution is 0.0697. The molecule has 33 heavy (non-hydrogen) atoms. The van der Waals surface area contributed by atoms with Crippen LogP contribution in [0.2, 0.25) is 0 Å². The molecule has 0 radical (unpaired) electrons. The Hall–Kier alpha value is -4.72. The number of aromatic carboxylic acids is 1. The summed E-state index contributed by atoms with van der Waals surface area (Å²) in [5, 5.41) is 24.9. The summed E-state index contributed by atoms with van der Waals surface area (Å²) in [6, 6.07) is 24.1. The number of anilines is 2. The molecule has 2 N–H and O–H groups in total. The van der Waals surface area contributed by atoms with Gasteiger partial charge in [-0.25, -0.2) is 4.79 Å². The summed E-state index contributed by atoms with van der Waals surface area (Å²) in [4.78, 5) is 11.7. The molecule has 0 aliphatic carbocycles. The van der Waals surface area contributed by atoms with Crippen LogP contribution in [0.3, 0.4) is 0 Å². The molecule has 0 fully saturated rings. The molecule has 162 valence electrons. The molecule has 0 aliphatic heterocycles. The number of nitrogens with zero attached hydrogens (tertiary/aromatic N) is 3. The Labute approximate surface area is 188 Å². The maximum Gasteiger partial charge on any atom is 0.335 e. The average Bonchev–Trinajstić information content (AvgIpc) is 3.47. The predicted molar refractivity (Wildman–Crippen MR) is 122 cm³/mol. The summed E-state index contributed by atoms with van der Waals surface area (Å²) in [6.45, 7) is 1.77. The Bertz CT molecular complexity index is 1430. The zero-order chi connectivity index (χ0) is 22.8. The van der Waals surface area contributed by atoms with Crippen molar-refractivity contribution in [2.45, 2.75) is 6.92 Å². The van der Waals surface area contributed by atoms with Gasteiger partial charge in [-0.05, 0) is 42.3 Å². The molecule has 5 aromatic rings. The molecule has 0 unspecified atom stereocenters. The third-order valence-electron chi connectivity index (χ3n) is 5.14. The van der Waals surface area contributed by atoms with Gasteiger partial charge >= 0.3 is 12.0 Å². The summed E-state index contributed by atoms with van der Waals surface area (Å²) >= 11 is 0. The lowest BCUT2D eigenvalue weighted by Gasteiger charge is -2.10. The summed E-state index contributed by atoms with van der Waals surface area (Å²) in [5.41, 5.74) is 4.28. The van der Waals surface area contributed by atoms with Crippen molar-refractivity contribution in [3.8, 4) is 33.9 Å². The number of rotatable bonds is 6. The van der Waals surface area contributed by atoms with E-state index in [4.69, 9.17) is 8.94 Å². The topological polar surface area (TPSA) is 114 Å². The first-order valence-corrected chi connectivity index (χ1v) is 10.2. The molecule has 2 heterocycles. The first-order valence-electron chi connectivity index (χ1n) is 10.2. The highest BCUT2D eigenvalue weighted by atomic mass is 16.5. The normalized spacial score (nSPS) is 10.8. The van der Waals surface area contributed by atoms with E-state index in [0.717, 1.165) is 16.7 Å². The maximum absolute atomic E-state index is 11.7. The van der Waals surface area contributed by atoms with Crippen LogP contribution in [0.15, 0.2) is 87.8 Å². The highest BCUT2D eigenvalue weighted by Crippen LogP contribution is 2.39. The first-order chi connectivity index (χ1) is 16.1. The van der Waals surface area contributed by atoms with Crippen molar-refractivity contribution in [1.82, 2.24) is 15.4 Å². The zero-order valence-corrected chi connectivity index (χ0v) is 17.5. The largest absolute Gasteiger partial charge is 0.478 e. The first kappa shape index (κ1) is 20.2. The number of carboxylic acid groups (broad SMARTS) is 1. The second-order valence-electron chi connectivity index (χ2n) is 7.31. The van der Waals surface area contributed by atoms with E-state index in [2.05, 4.69) is 20.7 Å². The molecular formula is C25H18N4O4. The van der Waals surface area contributed by atoms with Gasteiger partial charge in [0.15, 0.2) is 5.76 Å². The SMILES string of the molecule is Cc1noc(-c2cc(C(=O)O)ccc2-c2ccccc2)c1Nc1nnc(-c2ccccc2)o1. The molecule has 8 nitrogen and oxygen atoms in total. The van der Waals surface area contributed by atoms with Crippen molar-refractivity contribution < 1.29 is 18.8 Å². The van der Waals surface area contributed by atoms with Crippen LogP contribution in [0.25, 0.3) is 33.9 Å². The molecule has 0 spiro atoms.